The molecule has 2 fully saturated rings. The SMILES string of the molecule is C[C@@H]1CC2=C(Cl)C(=O)C=C[C@]2(C)[C@H]2CC[C@]3(C)[C@@H](O)C(Cl)=CC[C@H]3[C@H]12. The fourth-order valence-corrected chi connectivity index (χ4v) is 7.09. The van der Waals surface area contributed by atoms with Gasteiger partial charge in [0, 0.05) is 15.9 Å². The van der Waals surface area contributed by atoms with Crippen molar-refractivity contribution in [3.8, 4) is 0 Å². The maximum Gasteiger partial charge on any atom is 0.196 e. The molecule has 0 amide bonds. The van der Waals surface area contributed by atoms with Crippen molar-refractivity contribution in [2.75, 3.05) is 0 Å². The summed E-state index contributed by atoms with van der Waals surface area (Å²) in [6.07, 6.45) is 9.03. The highest BCUT2D eigenvalue weighted by Gasteiger charge is 2.59. The van der Waals surface area contributed by atoms with E-state index in [1.807, 2.05) is 6.08 Å². The summed E-state index contributed by atoms with van der Waals surface area (Å²) >= 11 is 12.7. The van der Waals surface area contributed by atoms with Crippen molar-refractivity contribution in [3.63, 3.8) is 0 Å². The van der Waals surface area contributed by atoms with Gasteiger partial charge in [-0.15, -0.1) is 0 Å². The van der Waals surface area contributed by atoms with Gasteiger partial charge in [-0.2, -0.15) is 0 Å². The molecule has 0 aliphatic heterocycles. The van der Waals surface area contributed by atoms with E-state index in [0.717, 1.165) is 31.3 Å². The second kappa shape index (κ2) is 5.71. The lowest BCUT2D eigenvalue weighted by Crippen LogP contribution is -2.56. The molecular weight excluding hydrogens is 355 g/mol. The van der Waals surface area contributed by atoms with Crippen LogP contribution >= 0.6 is 23.2 Å². The summed E-state index contributed by atoms with van der Waals surface area (Å²) in [4.78, 5) is 12.1. The predicted octanol–water partition coefficient (Wildman–Crippen LogP) is 5.20. The molecule has 0 aromatic rings. The van der Waals surface area contributed by atoms with E-state index in [9.17, 15) is 9.90 Å². The van der Waals surface area contributed by atoms with Crippen LogP contribution in [0, 0.1) is 34.5 Å². The smallest absolute Gasteiger partial charge is 0.196 e. The van der Waals surface area contributed by atoms with Crippen LogP contribution in [0.25, 0.3) is 0 Å². The number of halogens is 2. The summed E-state index contributed by atoms with van der Waals surface area (Å²) in [5.74, 6) is 1.78. The lowest BCUT2D eigenvalue weighted by atomic mass is 9.44. The van der Waals surface area contributed by atoms with Crippen molar-refractivity contribution in [3.05, 3.63) is 33.9 Å². The maximum atomic E-state index is 12.1. The Morgan fingerprint density at radius 2 is 1.96 bits per heavy atom. The van der Waals surface area contributed by atoms with Crippen molar-refractivity contribution in [1.29, 1.82) is 0 Å². The standard InChI is InChI=1S/C21H26Cl2O2/c1-11-10-14-18(23)16(24)7-9-20(14,2)13-6-8-21(3)12(17(11)13)4-5-15(22)19(21)25/h5,7,9,11-13,17,19,25H,4,6,8,10H2,1-3H3/t11-,12+,13+,17+,19+,20-,21+/m1/s1. The summed E-state index contributed by atoms with van der Waals surface area (Å²) < 4.78 is 0. The van der Waals surface area contributed by atoms with Gasteiger partial charge in [-0.05, 0) is 61.0 Å². The number of rotatable bonds is 0. The predicted molar refractivity (Wildman–Crippen MR) is 101 cm³/mol. The van der Waals surface area contributed by atoms with Gasteiger partial charge in [0.1, 0.15) is 0 Å². The molecule has 4 aliphatic rings. The van der Waals surface area contributed by atoms with Gasteiger partial charge in [-0.3, -0.25) is 4.79 Å². The number of carbonyl (C=O) groups excluding carboxylic acids is 1. The number of allylic oxidation sites excluding steroid dienone is 5. The Kier molecular flexibility index (Phi) is 4.07. The Bertz CT molecular complexity index is 721. The number of hydrogen-bond donors (Lipinski definition) is 1. The highest BCUT2D eigenvalue weighted by molar-refractivity contribution is 6.45. The lowest BCUT2D eigenvalue weighted by molar-refractivity contribution is -0.113. The van der Waals surface area contributed by atoms with E-state index < -0.39 is 6.10 Å². The summed E-state index contributed by atoms with van der Waals surface area (Å²) in [5, 5.41) is 11.8. The van der Waals surface area contributed by atoms with Crippen LogP contribution in [0.4, 0.5) is 0 Å². The first-order chi connectivity index (χ1) is 11.7. The highest BCUT2D eigenvalue weighted by atomic mass is 35.5. The number of ketones is 1. The normalized spacial score (nSPS) is 49.3. The van der Waals surface area contributed by atoms with Crippen LogP contribution in [-0.4, -0.2) is 17.0 Å². The van der Waals surface area contributed by atoms with Crippen molar-refractivity contribution in [2.24, 2.45) is 34.5 Å². The van der Waals surface area contributed by atoms with Crippen LogP contribution in [0.1, 0.15) is 46.5 Å². The second-order valence-electron chi connectivity index (χ2n) is 9.02. The Hall–Kier alpha value is -0.570. The quantitative estimate of drug-likeness (QED) is 0.626. The molecule has 25 heavy (non-hydrogen) atoms. The van der Waals surface area contributed by atoms with Crippen LogP contribution in [0.15, 0.2) is 33.9 Å². The Morgan fingerprint density at radius 1 is 1.24 bits per heavy atom. The fourth-order valence-electron chi connectivity index (χ4n) is 6.41. The van der Waals surface area contributed by atoms with Crippen molar-refractivity contribution in [2.45, 2.75) is 52.6 Å². The van der Waals surface area contributed by atoms with Gasteiger partial charge < -0.3 is 5.11 Å². The monoisotopic (exact) mass is 380 g/mol. The number of carbonyl (C=O) groups is 1. The van der Waals surface area contributed by atoms with Crippen LogP contribution in [0.3, 0.4) is 0 Å². The molecule has 0 saturated heterocycles. The topological polar surface area (TPSA) is 37.3 Å². The zero-order valence-corrected chi connectivity index (χ0v) is 16.6. The Morgan fingerprint density at radius 3 is 2.68 bits per heavy atom. The fraction of sp³-hybridized carbons (Fsp3) is 0.667. The van der Waals surface area contributed by atoms with E-state index >= 15 is 0 Å². The van der Waals surface area contributed by atoms with Gasteiger partial charge >= 0.3 is 0 Å². The molecule has 4 rings (SSSR count). The molecule has 2 saturated carbocycles. The molecule has 0 spiro atoms. The van der Waals surface area contributed by atoms with E-state index in [-0.39, 0.29) is 16.6 Å². The molecule has 1 N–H and O–H groups in total. The minimum atomic E-state index is -0.558. The molecule has 0 heterocycles. The molecule has 0 bridgehead atoms. The number of hydrogen-bond acceptors (Lipinski definition) is 2. The van der Waals surface area contributed by atoms with Crippen LogP contribution in [0.2, 0.25) is 0 Å². The Balaban J connectivity index is 1.79. The highest BCUT2D eigenvalue weighted by Crippen LogP contribution is 2.65. The first kappa shape index (κ1) is 17.8. The molecule has 0 aromatic heterocycles. The van der Waals surface area contributed by atoms with Crippen LogP contribution < -0.4 is 0 Å². The van der Waals surface area contributed by atoms with Gasteiger partial charge in [-0.1, -0.05) is 56.1 Å². The van der Waals surface area contributed by atoms with Crippen molar-refractivity contribution >= 4 is 29.0 Å². The van der Waals surface area contributed by atoms with E-state index in [1.165, 1.54) is 0 Å². The largest absolute Gasteiger partial charge is 0.387 e. The zero-order valence-electron chi connectivity index (χ0n) is 15.1. The average molecular weight is 381 g/mol. The zero-order chi connectivity index (χ0) is 18.1. The van der Waals surface area contributed by atoms with Crippen LogP contribution in [0.5, 0.6) is 0 Å². The van der Waals surface area contributed by atoms with E-state index in [4.69, 9.17) is 23.2 Å². The summed E-state index contributed by atoms with van der Waals surface area (Å²) in [5.41, 5.74) is 0.833. The third-order valence-corrected chi connectivity index (χ3v) is 8.66. The molecule has 0 radical (unpaired) electrons. The van der Waals surface area contributed by atoms with Gasteiger partial charge in [0.25, 0.3) is 0 Å². The van der Waals surface area contributed by atoms with Gasteiger partial charge in [0.2, 0.25) is 0 Å². The Labute approximate surface area is 160 Å². The third kappa shape index (κ3) is 2.30. The minimum Gasteiger partial charge on any atom is -0.387 e. The molecule has 4 heteroatoms. The molecule has 0 unspecified atom stereocenters. The van der Waals surface area contributed by atoms with E-state index in [2.05, 4.69) is 26.8 Å². The van der Waals surface area contributed by atoms with Gasteiger partial charge in [-0.25, -0.2) is 0 Å². The molecular formula is C21H26Cl2O2. The van der Waals surface area contributed by atoms with Gasteiger partial charge in [0.15, 0.2) is 5.78 Å². The van der Waals surface area contributed by atoms with Crippen molar-refractivity contribution < 1.29 is 9.90 Å². The molecule has 2 nitrogen and oxygen atoms in total. The average Bonchev–Trinajstić information content (AvgIpc) is 2.58. The molecule has 7 atom stereocenters. The lowest BCUT2D eigenvalue weighted by Gasteiger charge is -2.61. The first-order valence-corrected chi connectivity index (χ1v) is 10.1. The minimum absolute atomic E-state index is 0.0526. The van der Waals surface area contributed by atoms with Crippen LogP contribution in [-0.2, 0) is 4.79 Å². The van der Waals surface area contributed by atoms with Gasteiger partial charge in [0.05, 0.1) is 11.1 Å². The summed E-state index contributed by atoms with van der Waals surface area (Å²) in [6.45, 7) is 6.75. The number of aliphatic hydroxyl groups is 1. The van der Waals surface area contributed by atoms with E-state index in [1.54, 1.807) is 6.08 Å². The molecule has 0 aromatic carbocycles. The van der Waals surface area contributed by atoms with Crippen molar-refractivity contribution in [1.82, 2.24) is 0 Å². The maximum absolute atomic E-state index is 12.1. The third-order valence-electron chi connectivity index (χ3n) is 7.89. The molecule has 4 aliphatic carbocycles. The molecule has 136 valence electrons. The number of fused-ring (bicyclic) bond motifs is 5. The first-order valence-electron chi connectivity index (χ1n) is 9.36. The number of aliphatic hydroxyl groups excluding tert-OH is 1. The van der Waals surface area contributed by atoms with E-state index in [0.29, 0.717) is 33.7 Å². The summed E-state index contributed by atoms with van der Waals surface area (Å²) in [7, 11) is 0. The second-order valence-corrected chi connectivity index (χ2v) is 9.83. The summed E-state index contributed by atoms with van der Waals surface area (Å²) in [6, 6.07) is 0.